The summed E-state index contributed by atoms with van der Waals surface area (Å²) in [5.41, 5.74) is 0.753. The molecule has 0 aliphatic heterocycles. The third-order valence-corrected chi connectivity index (χ3v) is 3.02. The first-order valence-corrected chi connectivity index (χ1v) is 6.24. The zero-order valence-electron chi connectivity index (χ0n) is 11.1. The molecule has 110 valence electrons. The van der Waals surface area contributed by atoms with Crippen molar-refractivity contribution in [3.05, 3.63) is 48.0 Å². The second-order valence-corrected chi connectivity index (χ2v) is 4.51. The molecule has 0 saturated heterocycles. The normalized spacial score (nSPS) is 10.5. The van der Waals surface area contributed by atoms with Gasteiger partial charge in [0.1, 0.15) is 11.5 Å². The maximum atomic E-state index is 11.0. The van der Waals surface area contributed by atoms with Crippen LogP contribution in [0.3, 0.4) is 0 Å². The van der Waals surface area contributed by atoms with Crippen molar-refractivity contribution >= 4 is 5.97 Å². The molecular weight excluding hydrogens is 288 g/mol. The maximum absolute atomic E-state index is 11.0. The summed E-state index contributed by atoms with van der Waals surface area (Å²) in [4.78, 5) is 15.1. The third-order valence-electron chi connectivity index (χ3n) is 3.02. The highest BCUT2D eigenvalue weighted by atomic mass is 16.5. The number of carbonyl (C=O) groups is 1. The summed E-state index contributed by atoms with van der Waals surface area (Å²) in [5.74, 6) is -0.902. The van der Waals surface area contributed by atoms with Gasteiger partial charge in [0.25, 0.3) is 5.89 Å². The second-order valence-electron chi connectivity index (χ2n) is 4.51. The van der Waals surface area contributed by atoms with E-state index >= 15 is 0 Å². The molecule has 3 aromatic rings. The fourth-order valence-corrected chi connectivity index (χ4v) is 1.90. The number of aromatic carboxylic acids is 1. The van der Waals surface area contributed by atoms with Gasteiger partial charge in [-0.3, -0.25) is 0 Å². The van der Waals surface area contributed by atoms with Crippen molar-refractivity contribution in [1.82, 2.24) is 10.1 Å². The lowest BCUT2D eigenvalue weighted by Gasteiger charge is -2.01. The van der Waals surface area contributed by atoms with Crippen LogP contribution in [-0.2, 0) is 0 Å². The molecule has 0 atom stereocenters. The van der Waals surface area contributed by atoms with Gasteiger partial charge in [-0.1, -0.05) is 5.16 Å². The van der Waals surface area contributed by atoms with E-state index in [0.717, 1.165) is 0 Å². The van der Waals surface area contributed by atoms with Crippen molar-refractivity contribution in [2.24, 2.45) is 0 Å². The summed E-state index contributed by atoms with van der Waals surface area (Å²) >= 11 is 0. The van der Waals surface area contributed by atoms with Crippen molar-refractivity contribution in [1.29, 1.82) is 0 Å². The van der Waals surface area contributed by atoms with Crippen molar-refractivity contribution in [3.8, 4) is 34.3 Å². The highest BCUT2D eigenvalue weighted by molar-refractivity contribution is 5.90. The molecule has 3 rings (SSSR count). The van der Waals surface area contributed by atoms with Gasteiger partial charge in [0.05, 0.1) is 11.1 Å². The summed E-state index contributed by atoms with van der Waals surface area (Å²) in [6.45, 7) is 0. The first-order valence-electron chi connectivity index (χ1n) is 6.24. The smallest absolute Gasteiger partial charge is 0.335 e. The Morgan fingerprint density at radius 3 is 2.45 bits per heavy atom. The number of carboxylic acids is 1. The zero-order valence-corrected chi connectivity index (χ0v) is 11.1. The Hall–Kier alpha value is -3.35. The highest BCUT2D eigenvalue weighted by Crippen LogP contribution is 2.30. The molecule has 0 aliphatic rings. The molecule has 0 radical (unpaired) electrons. The van der Waals surface area contributed by atoms with Crippen LogP contribution in [0.5, 0.6) is 11.5 Å². The predicted molar refractivity (Wildman–Crippen MR) is 75.5 cm³/mol. The Bertz CT molecular complexity index is 839. The number of aromatic hydroxyl groups is 2. The number of benzene rings is 2. The number of phenolic OH excluding ortho intramolecular Hbond substituents is 2. The maximum Gasteiger partial charge on any atom is 0.335 e. The van der Waals surface area contributed by atoms with Crippen LogP contribution >= 0.6 is 0 Å². The molecule has 7 nitrogen and oxygen atoms in total. The number of carboxylic acid groups (broad SMARTS) is 1. The Labute approximate surface area is 124 Å². The van der Waals surface area contributed by atoms with E-state index in [1.54, 1.807) is 12.1 Å². The first-order chi connectivity index (χ1) is 10.5. The van der Waals surface area contributed by atoms with Crippen molar-refractivity contribution in [2.45, 2.75) is 0 Å². The summed E-state index contributed by atoms with van der Waals surface area (Å²) in [5, 5.41) is 31.8. The highest BCUT2D eigenvalue weighted by Gasteiger charge is 2.16. The van der Waals surface area contributed by atoms with Crippen LogP contribution in [0.15, 0.2) is 47.0 Å². The van der Waals surface area contributed by atoms with Crippen LogP contribution in [0, 0.1) is 0 Å². The minimum absolute atomic E-state index is 0.00350. The zero-order chi connectivity index (χ0) is 15.7. The molecule has 1 aromatic heterocycles. The van der Waals surface area contributed by atoms with Gasteiger partial charge < -0.3 is 19.8 Å². The van der Waals surface area contributed by atoms with E-state index in [1.807, 2.05) is 0 Å². The van der Waals surface area contributed by atoms with Gasteiger partial charge in [-0.05, 0) is 42.5 Å². The van der Waals surface area contributed by atoms with Crippen LogP contribution < -0.4 is 0 Å². The molecule has 0 fully saturated rings. The van der Waals surface area contributed by atoms with Gasteiger partial charge in [-0.25, -0.2) is 4.79 Å². The first kappa shape index (κ1) is 13.6. The van der Waals surface area contributed by atoms with Crippen molar-refractivity contribution in [3.63, 3.8) is 0 Å². The molecule has 0 bridgehead atoms. The summed E-state index contributed by atoms with van der Waals surface area (Å²) in [6, 6.07) is 9.95. The number of hydrogen-bond acceptors (Lipinski definition) is 6. The van der Waals surface area contributed by atoms with Crippen molar-refractivity contribution < 1.29 is 24.6 Å². The molecule has 2 aromatic carbocycles. The minimum Gasteiger partial charge on any atom is -0.508 e. The van der Waals surface area contributed by atoms with E-state index in [1.165, 1.54) is 30.3 Å². The molecule has 1 heterocycles. The van der Waals surface area contributed by atoms with Gasteiger partial charge in [0.2, 0.25) is 5.82 Å². The van der Waals surface area contributed by atoms with Crippen LogP contribution in [-0.4, -0.2) is 31.4 Å². The summed E-state index contributed by atoms with van der Waals surface area (Å²) in [6.07, 6.45) is 0. The van der Waals surface area contributed by atoms with E-state index in [4.69, 9.17) is 9.63 Å². The third kappa shape index (κ3) is 2.47. The predicted octanol–water partition coefficient (Wildman–Crippen LogP) is 2.51. The average Bonchev–Trinajstić information content (AvgIpc) is 2.98. The second kappa shape index (κ2) is 5.21. The van der Waals surface area contributed by atoms with Gasteiger partial charge in [0.15, 0.2) is 0 Å². The Balaban J connectivity index is 2.02. The molecule has 0 spiro atoms. The van der Waals surface area contributed by atoms with Crippen LogP contribution in [0.2, 0.25) is 0 Å². The monoisotopic (exact) mass is 298 g/mol. The van der Waals surface area contributed by atoms with Gasteiger partial charge in [-0.2, -0.15) is 4.98 Å². The standard InChI is InChI=1S/C15H10N2O5/c18-10-4-1-8(2-5-10)14-16-13(17-22-14)11-7-9(15(20)21)3-6-12(11)19/h1-7,18-19H,(H,20,21). The molecule has 7 heteroatoms. The topological polar surface area (TPSA) is 117 Å². The van der Waals surface area contributed by atoms with E-state index in [2.05, 4.69) is 10.1 Å². The number of hydrogen-bond donors (Lipinski definition) is 3. The molecule has 3 N–H and O–H groups in total. The summed E-state index contributed by atoms with van der Waals surface area (Å²) in [7, 11) is 0. The number of nitrogens with zero attached hydrogens (tertiary/aromatic N) is 2. The largest absolute Gasteiger partial charge is 0.508 e. The van der Waals surface area contributed by atoms with Crippen molar-refractivity contribution in [2.75, 3.05) is 0 Å². The Kier molecular flexibility index (Phi) is 3.23. The Morgan fingerprint density at radius 2 is 1.77 bits per heavy atom. The molecule has 0 unspecified atom stereocenters. The fourth-order valence-electron chi connectivity index (χ4n) is 1.90. The van der Waals surface area contributed by atoms with E-state index in [0.29, 0.717) is 5.56 Å². The molecule has 0 amide bonds. The van der Waals surface area contributed by atoms with Crippen LogP contribution in [0.1, 0.15) is 10.4 Å². The van der Waals surface area contributed by atoms with Crippen LogP contribution in [0.4, 0.5) is 0 Å². The molecule has 22 heavy (non-hydrogen) atoms. The fraction of sp³-hybridized carbons (Fsp3) is 0. The van der Waals surface area contributed by atoms with Gasteiger partial charge >= 0.3 is 5.97 Å². The number of rotatable bonds is 3. The number of phenols is 2. The van der Waals surface area contributed by atoms with Gasteiger partial charge in [0, 0.05) is 5.56 Å². The molecule has 0 saturated carbocycles. The van der Waals surface area contributed by atoms with E-state index < -0.39 is 5.97 Å². The minimum atomic E-state index is -1.12. The Morgan fingerprint density at radius 1 is 1.05 bits per heavy atom. The molecule has 0 aliphatic carbocycles. The van der Waals surface area contributed by atoms with Gasteiger partial charge in [-0.15, -0.1) is 0 Å². The van der Waals surface area contributed by atoms with E-state index in [-0.39, 0.29) is 34.3 Å². The SMILES string of the molecule is O=C(O)c1ccc(O)c(-c2noc(-c3ccc(O)cc3)n2)c1. The quantitative estimate of drug-likeness (QED) is 0.680. The van der Waals surface area contributed by atoms with Crippen LogP contribution in [0.25, 0.3) is 22.8 Å². The lowest BCUT2D eigenvalue weighted by Crippen LogP contribution is -1.96. The lowest BCUT2D eigenvalue weighted by atomic mass is 10.1. The lowest BCUT2D eigenvalue weighted by molar-refractivity contribution is 0.0697. The summed E-state index contributed by atoms with van der Waals surface area (Å²) < 4.78 is 5.10. The molecular formula is C15H10N2O5. The number of aromatic nitrogens is 2. The van der Waals surface area contributed by atoms with E-state index in [9.17, 15) is 15.0 Å². The average molecular weight is 298 g/mol.